The number of carbonyl (C=O) groups excluding carboxylic acids is 1. The predicted molar refractivity (Wildman–Crippen MR) is 98.5 cm³/mol. The average Bonchev–Trinajstić information content (AvgIpc) is 3.40. The van der Waals surface area contributed by atoms with Crippen LogP contribution in [-0.4, -0.2) is 57.2 Å². The Hall–Kier alpha value is -2.71. The minimum absolute atomic E-state index is 0.111. The summed E-state index contributed by atoms with van der Waals surface area (Å²) in [5.41, 5.74) is 1.81. The molecule has 1 saturated heterocycles. The SMILES string of the molecule is Cc1cnc(C)c(N2CCN(C(=O)N[C@@H](C)c3nc(C4CC4)no3)CC2)n1. The number of nitrogens with zero attached hydrogens (tertiary/aromatic N) is 6. The standard InChI is InChI=1S/C18H25N7O2/c1-11-10-19-12(2)16(20-11)24-6-8-25(9-7-24)18(26)21-13(3)17-22-15(23-27-17)14-4-5-14/h10,13-14H,4-9H2,1-3H3,(H,21,26)/t13-/m0/s1. The summed E-state index contributed by atoms with van der Waals surface area (Å²) in [5, 5.41) is 6.97. The number of rotatable bonds is 4. The van der Waals surface area contributed by atoms with E-state index in [-0.39, 0.29) is 12.1 Å². The lowest BCUT2D eigenvalue weighted by atomic mass is 10.3. The molecule has 0 aromatic carbocycles. The highest BCUT2D eigenvalue weighted by atomic mass is 16.5. The van der Waals surface area contributed by atoms with Gasteiger partial charge in [0.15, 0.2) is 5.82 Å². The molecule has 4 rings (SSSR count). The van der Waals surface area contributed by atoms with E-state index in [1.54, 1.807) is 6.20 Å². The maximum Gasteiger partial charge on any atom is 0.318 e. The Bertz CT molecular complexity index is 825. The van der Waals surface area contributed by atoms with Crippen LogP contribution in [0.2, 0.25) is 0 Å². The van der Waals surface area contributed by atoms with Crippen molar-refractivity contribution in [2.75, 3.05) is 31.1 Å². The number of aromatic nitrogens is 4. The van der Waals surface area contributed by atoms with Gasteiger partial charge in [-0.15, -0.1) is 0 Å². The van der Waals surface area contributed by atoms with Crippen molar-refractivity contribution in [3.05, 3.63) is 29.3 Å². The minimum atomic E-state index is -0.305. The summed E-state index contributed by atoms with van der Waals surface area (Å²) in [5.74, 6) is 2.57. The molecule has 27 heavy (non-hydrogen) atoms. The number of hydrogen-bond donors (Lipinski definition) is 1. The van der Waals surface area contributed by atoms with Gasteiger partial charge in [0.25, 0.3) is 0 Å². The van der Waals surface area contributed by atoms with E-state index in [9.17, 15) is 4.79 Å². The maximum atomic E-state index is 12.6. The molecule has 1 aliphatic carbocycles. The number of urea groups is 1. The third kappa shape index (κ3) is 3.86. The molecule has 2 aromatic rings. The van der Waals surface area contributed by atoms with Crippen LogP contribution in [0.5, 0.6) is 0 Å². The lowest BCUT2D eigenvalue weighted by Gasteiger charge is -2.36. The lowest BCUT2D eigenvalue weighted by Crippen LogP contribution is -2.52. The molecule has 144 valence electrons. The summed E-state index contributed by atoms with van der Waals surface area (Å²) in [4.78, 5) is 29.9. The number of piperazine rings is 1. The molecule has 2 aliphatic rings. The van der Waals surface area contributed by atoms with Crippen molar-refractivity contribution in [2.24, 2.45) is 0 Å². The first-order valence-electron chi connectivity index (χ1n) is 9.45. The van der Waals surface area contributed by atoms with Gasteiger partial charge >= 0.3 is 6.03 Å². The van der Waals surface area contributed by atoms with E-state index in [1.165, 1.54) is 0 Å². The van der Waals surface area contributed by atoms with E-state index in [1.807, 2.05) is 25.7 Å². The molecule has 1 atom stereocenters. The fourth-order valence-corrected chi connectivity index (χ4v) is 3.21. The topological polar surface area (TPSA) is 100 Å². The number of hydrogen-bond acceptors (Lipinski definition) is 7. The molecule has 9 heteroatoms. The van der Waals surface area contributed by atoms with Crippen LogP contribution in [0.4, 0.5) is 10.6 Å². The number of nitrogens with one attached hydrogen (secondary N) is 1. The normalized spacial score (nSPS) is 18.5. The van der Waals surface area contributed by atoms with Gasteiger partial charge in [-0.1, -0.05) is 5.16 Å². The van der Waals surface area contributed by atoms with E-state index >= 15 is 0 Å². The van der Waals surface area contributed by atoms with Crippen LogP contribution < -0.4 is 10.2 Å². The summed E-state index contributed by atoms with van der Waals surface area (Å²) in [6.45, 7) is 8.48. The summed E-state index contributed by atoms with van der Waals surface area (Å²) < 4.78 is 5.30. The molecule has 3 heterocycles. The fraction of sp³-hybridized carbons (Fsp3) is 0.611. The first kappa shape index (κ1) is 17.7. The van der Waals surface area contributed by atoms with Gasteiger partial charge < -0.3 is 19.6 Å². The first-order chi connectivity index (χ1) is 13.0. The molecule has 1 saturated carbocycles. The summed E-state index contributed by atoms with van der Waals surface area (Å²) in [7, 11) is 0. The second-order valence-corrected chi connectivity index (χ2v) is 7.33. The van der Waals surface area contributed by atoms with Crippen molar-refractivity contribution < 1.29 is 9.32 Å². The van der Waals surface area contributed by atoms with Crippen LogP contribution in [0.3, 0.4) is 0 Å². The highest BCUT2D eigenvalue weighted by Gasteiger charge is 2.30. The quantitative estimate of drug-likeness (QED) is 0.876. The number of amides is 2. The maximum absolute atomic E-state index is 12.6. The Kier molecular flexibility index (Phi) is 4.67. The molecule has 2 aromatic heterocycles. The van der Waals surface area contributed by atoms with E-state index in [0.717, 1.165) is 49.0 Å². The van der Waals surface area contributed by atoms with Gasteiger partial charge in [0.1, 0.15) is 11.9 Å². The van der Waals surface area contributed by atoms with Crippen molar-refractivity contribution in [3.63, 3.8) is 0 Å². The smallest absolute Gasteiger partial charge is 0.318 e. The Morgan fingerprint density at radius 1 is 1.22 bits per heavy atom. The molecule has 9 nitrogen and oxygen atoms in total. The molecule has 0 spiro atoms. The molecule has 2 amide bonds. The van der Waals surface area contributed by atoms with Gasteiger partial charge in [-0.05, 0) is 33.6 Å². The van der Waals surface area contributed by atoms with Gasteiger partial charge in [-0.2, -0.15) is 4.98 Å². The van der Waals surface area contributed by atoms with Crippen LogP contribution in [0.25, 0.3) is 0 Å². The second kappa shape index (κ2) is 7.13. The molecule has 0 bridgehead atoms. The van der Waals surface area contributed by atoms with Crippen molar-refractivity contribution in [2.45, 2.75) is 45.6 Å². The van der Waals surface area contributed by atoms with E-state index in [0.29, 0.717) is 24.9 Å². The number of carbonyl (C=O) groups is 1. The lowest BCUT2D eigenvalue weighted by molar-refractivity contribution is 0.188. The Labute approximate surface area is 158 Å². The monoisotopic (exact) mass is 371 g/mol. The van der Waals surface area contributed by atoms with E-state index < -0.39 is 0 Å². The Morgan fingerprint density at radius 2 is 1.96 bits per heavy atom. The zero-order chi connectivity index (χ0) is 19.0. The predicted octanol–water partition coefficient (Wildman–Crippen LogP) is 1.95. The largest absolute Gasteiger partial charge is 0.352 e. The Morgan fingerprint density at radius 3 is 2.67 bits per heavy atom. The van der Waals surface area contributed by atoms with Gasteiger partial charge in [0.05, 0.1) is 11.4 Å². The molecule has 0 radical (unpaired) electrons. The molecule has 1 aliphatic heterocycles. The average molecular weight is 371 g/mol. The third-order valence-electron chi connectivity index (χ3n) is 5.03. The Balaban J connectivity index is 1.32. The molecular weight excluding hydrogens is 346 g/mol. The highest BCUT2D eigenvalue weighted by molar-refractivity contribution is 5.75. The van der Waals surface area contributed by atoms with Crippen molar-refractivity contribution >= 4 is 11.8 Å². The zero-order valence-corrected chi connectivity index (χ0v) is 16.0. The molecule has 0 unspecified atom stereocenters. The van der Waals surface area contributed by atoms with Crippen LogP contribution in [0.1, 0.15) is 54.8 Å². The summed E-state index contributed by atoms with van der Waals surface area (Å²) in [6, 6.07) is -0.416. The molecule has 2 fully saturated rings. The van der Waals surface area contributed by atoms with Crippen molar-refractivity contribution in [1.82, 2.24) is 30.3 Å². The summed E-state index contributed by atoms with van der Waals surface area (Å²) >= 11 is 0. The minimum Gasteiger partial charge on any atom is -0.352 e. The highest BCUT2D eigenvalue weighted by Crippen LogP contribution is 2.38. The first-order valence-corrected chi connectivity index (χ1v) is 9.45. The van der Waals surface area contributed by atoms with Crippen molar-refractivity contribution in [1.29, 1.82) is 0 Å². The van der Waals surface area contributed by atoms with Crippen LogP contribution in [-0.2, 0) is 0 Å². The van der Waals surface area contributed by atoms with Crippen LogP contribution in [0.15, 0.2) is 10.7 Å². The molecule has 1 N–H and O–H groups in total. The van der Waals surface area contributed by atoms with Gasteiger partial charge in [0.2, 0.25) is 5.89 Å². The zero-order valence-electron chi connectivity index (χ0n) is 16.0. The van der Waals surface area contributed by atoms with Crippen LogP contribution in [0, 0.1) is 13.8 Å². The number of anilines is 1. The van der Waals surface area contributed by atoms with Crippen molar-refractivity contribution in [3.8, 4) is 0 Å². The van der Waals surface area contributed by atoms with Gasteiger partial charge in [0, 0.05) is 38.3 Å². The van der Waals surface area contributed by atoms with Gasteiger partial charge in [-0.3, -0.25) is 4.98 Å². The number of aryl methyl sites for hydroxylation is 2. The van der Waals surface area contributed by atoms with E-state index in [2.05, 4.69) is 30.3 Å². The summed E-state index contributed by atoms with van der Waals surface area (Å²) in [6.07, 6.45) is 4.01. The molecular formula is C18H25N7O2. The van der Waals surface area contributed by atoms with E-state index in [4.69, 9.17) is 4.52 Å². The van der Waals surface area contributed by atoms with Gasteiger partial charge in [-0.25, -0.2) is 9.78 Å². The second-order valence-electron chi connectivity index (χ2n) is 7.33. The van der Waals surface area contributed by atoms with Crippen LogP contribution >= 0.6 is 0 Å². The third-order valence-corrected chi connectivity index (χ3v) is 5.03. The fourth-order valence-electron chi connectivity index (χ4n) is 3.21.